The van der Waals surface area contributed by atoms with Crippen molar-refractivity contribution in [3.63, 3.8) is 0 Å². The van der Waals surface area contributed by atoms with Crippen LogP contribution in [0.25, 0.3) is 0 Å². The fraction of sp³-hybridized carbons (Fsp3) is 0.200. The SMILES string of the molecule is COc1ccc(Br)cc1C(O)Cc1ccc(F)cc1Cl. The van der Waals surface area contributed by atoms with Gasteiger partial charge in [-0.3, -0.25) is 0 Å². The Morgan fingerprint density at radius 1 is 1.30 bits per heavy atom. The first-order valence-electron chi connectivity index (χ1n) is 5.96. The van der Waals surface area contributed by atoms with E-state index in [2.05, 4.69) is 15.9 Å². The van der Waals surface area contributed by atoms with Gasteiger partial charge < -0.3 is 9.84 Å². The number of rotatable bonds is 4. The topological polar surface area (TPSA) is 29.5 Å². The zero-order valence-electron chi connectivity index (χ0n) is 10.7. The molecule has 0 aliphatic rings. The Hall–Kier alpha value is -1.10. The maximum atomic E-state index is 13.0. The molecular formula is C15H13BrClFO2. The Kier molecular flexibility index (Phi) is 5.02. The van der Waals surface area contributed by atoms with Crippen LogP contribution in [0.15, 0.2) is 40.9 Å². The van der Waals surface area contributed by atoms with Crippen molar-refractivity contribution in [2.75, 3.05) is 7.11 Å². The Morgan fingerprint density at radius 2 is 2.05 bits per heavy atom. The van der Waals surface area contributed by atoms with Gasteiger partial charge in [-0.25, -0.2) is 4.39 Å². The van der Waals surface area contributed by atoms with Crippen LogP contribution in [-0.2, 0) is 6.42 Å². The van der Waals surface area contributed by atoms with Crippen LogP contribution < -0.4 is 4.74 Å². The average molecular weight is 360 g/mol. The second-order valence-electron chi connectivity index (χ2n) is 4.34. The third-order valence-corrected chi connectivity index (χ3v) is 3.82. The molecule has 5 heteroatoms. The van der Waals surface area contributed by atoms with Gasteiger partial charge in [0.05, 0.1) is 13.2 Å². The first-order chi connectivity index (χ1) is 9.51. The van der Waals surface area contributed by atoms with E-state index >= 15 is 0 Å². The number of aliphatic hydroxyl groups excluding tert-OH is 1. The number of ether oxygens (including phenoxy) is 1. The van der Waals surface area contributed by atoms with Gasteiger partial charge in [-0.05, 0) is 35.9 Å². The van der Waals surface area contributed by atoms with Gasteiger partial charge in [0.1, 0.15) is 11.6 Å². The molecule has 1 unspecified atom stereocenters. The number of hydrogen-bond acceptors (Lipinski definition) is 2. The van der Waals surface area contributed by atoms with Crippen molar-refractivity contribution in [1.29, 1.82) is 0 Å². The molecule has 1 atom stereocenters. The Labute approximate surface area is 130 Å². The molecule has 0 bridgehead atoms. The lowest BCUT2D eigenvalue weighted by molar-refractivity contribution is 0.174. The van der Waals surface area contributed by atoms with Gasteiger partial charge in [0, 0.05) is 21.5 Å². The molecule has 106 valence electrons. The summed E-state index contributed by atoms with van der Waals surface area (Å²) in [6.07, 6.45) is -0.503. The van der Waals surface area contributed by atoms with E-state index < -0.39 is 11.9 Å². The normalized spacial score (nSPS) is 12.2. The Balaban J connectivity index is 2.27. The molecule has 0 aliphatic carbocycles. The summed E-state index contributed by atoms with van der Waals surface area (Å²) in [7, 11) is 1.55. The molecule has 0 amide bonds. The summed E-state index contributed by atoms with van der Waals surface area (Å²) >= 11 is 9.34. The van der Waals surface area contributed by atoms with Crippen LogP contribution in [0.1, 0.15) is 17.2 Å². The quantitative estimate of drug-likeness (QED) is 0.869. The highest BCUT2D eigenvalue weighted by Crippen LogP contribution is 2.31. The van der Waals surface area contributed by atoms with Crippen LogP contribution in [-0.4, -0.2) is 12.2 Å². The minimum atomic E-state index is -0.787. The van der Waals surface area contributed by atoms with E-state index in [0.29, 0.717) is 21.9 Å². The standard InChI is InChI=1S/C15H13BrClFO2/c1-20-15-5-3-10(16)7-12(15)14(19)6-9-2-4-11(18)8-13(9)17/h2-5,7-8,14,19H,6H2,1H3. The van der Waals surface area contributed by atoms with E-state index in [1.807, 2.05) is 6.07 Å². The molecule has 2 rings (SSSR count). The molecule has 1 N–H and O–H groups in total. The third kappa shape index (κ3) is 3.51. The highest BCUT2D eigenvalue weighted by atomic mass is 79.9. The van der Waals surface area contributed by atoms with Crippen LogP contribution in [0.5, 0.6) is 5.75 Å². The highest BCUT2D eigenvalue weighted by Gasteiger charge is 2.16. The van der Waals surface area contributed by atoms with E-state index in [9.17, 15) is 9.50 Å². The number of aliphatic hydroxyl groups is 1. The van der Waals surface area contributed by atoms with Gasteiger partial charge in [0.2, 0.25) is 0 Å². The fourth-order valence-electron chi connectivity index (χ4n) is 1.97. The molecule has 0 aliphatic heterocycles. The van der Waals surface area contributed by atoms with Gasteiger partial charge >= 0.3 is 0 Å². The largest absolute Gasteiger partial charge is 0.496 e. The van der Waals surface area contributed by atoms with Crippen molar-refractivity contribution in [3.8, 4) is 5.75 Å². The second kappa shape index (κ2) is 6.57. The van der Waals surface area contributed by atoms with Gasteiger partial charge in [0.15, 0.2) is 0 Å². The number of methoxy groups -OCH3 is 1. The fourth-order valence-corrected chi connectivity index (χ4v) is 2.59. The zero-order valence-corrected chi connectivity index (χ0v) is 13.1. The molecule has 0 heterocycles. The van der Waals surface area contributed by atoms with Gasteiger partial charge in [-0.15, -0.1) is 0 Å². The van der Waals surface area contributed by atoms with Crippen LogP contribution >= 0.6 is 27.5 Å². The van der Waals surface area contributed by atoms with Gasteiger partial charge in [0.25, 0.3) is 0 Å². The van der Waals surface area contributed by atoms with Crippen LogP contribution in [0.3, 0.4) is 0 Å². The van der Waals surface area contributed by atoms with Crippen molar-refractivity contribution in [3.05, 3.63) is 62.8 Å². The molecule has 0 fully saturated rings. The third-order valence-electron chi connectivity index (χ3n) is 2.98. The minimum Gasteiger partial charge on any atom is -0.496 e. The number of hydrogen-bond donors (Lipinski definition) is 1. The number of benzene rings is 2. The lowest BCUT2D eigenvalue weighted by atomic mass is 10.0. The lowest BCUT2D eigenvalue weighted by Gasteiger charge is -2.16. The van der Waals surface area contributed by atoms with E-state index in [4.69, 9.17) is 16.3 Å². The summed E-state index contributed by atoms with van der Waals surface area (Å²) < 4.78 is 19.1. The van der Waals surface area contributed by atoms with Crippen molar-refractivity contribution in [1.82, 2.24) is 0 Å². The number of halogens is 3. The molecule has 2 nitrogen and oxygen atoms in total. The van der Waals surface area contributed by atoms with Crippen LogP contribution in [0.2, 0.25) is 5.02 Å². The Morgan fingerprint density at radius 3 is 2.70 bits per heavy atom. The maximum absolute atomic E-state index is 13.0. The molecule has 0 aromatic heterocycles. The van der Waals surface area contributed by atoms with E-state index in [0.717, 1.165) is 4.47 Å². The van der Waals surface area contributed by atoms with Crippen molar-refractivity contribution < 1.29 is 14.2 Å². The van der Waals surface area contributed by atoms with Crippen molar-refractivity contribution in [2.24, 2.45) is 0 Å². The summed E-state index contributed by atoms with van der Waals surface area (Å²) in [6, 6.07) is 9.54. The summed E-state index contributed by atoms with van der Waals surface area (Å²) in [5.74, 6) is 0.201. The molecule has 0 saturated heterocycles. The summed E-state index contributed by atoms with van der Waals surface area (Å²) in [5, 5.41) is 10.7. The molecule has 20 heavy (non-hydrogen) atoms. The highest BCUT2D eigenvalue weighted by molar-refractivity contribution is 9.10. The molecular weight excluding hydrogens is 347 g/mol. The maximum Gasteiger partial charge on any atom is 0.124 e. The Bertz CT molecular complexity index is 619. The molecule has 2 aromatic rings. The predicted molar refractivity (Wildman–Crippen MR) is 80.8 cm³/mol. The van der Waals surface area contributed by atoms with Crippen molar-refractivity contribution in [2.45, 2.75) is 12.5 Å². The molecule has 2 aromatic carbocycles. The van der Waals surface area contributed by atoms with E-state index in [1.54, 1.807) is 25.3 Å². The summed E-state index contributed by atoms with van der Waals surface area (Å²) in [5.41, 5.74) is 1.34. The van der Waals surface area contributed by atoms with E-state index in [1.165, 1.54) is 12.1 Å². The first kappa shape index (κ1) is 15.3. The van der Waals surface area contributed by atoms with Crippen LogP contribution in [0, 0.1) is 5.82 Å². The van der Waals surface area contributed by atoms with E-state index in [-0.39, 0.29) is 6.42 Å². The van der Waals surface area contributed by atoms with Crippen LogP contribution in [0.4, 0.5) is 4.39 Å². The lowest BCUT2D eigenvalue weighted by Crippen LogP contribution is -2.05. The van der Waals surface area contributed by atoms with Gasteiger partial charge in [-0.1, -0.05) is 33.6 Å². The molecule has 0 saturated carbocycles. The minimum absolute atomic E-state index is 0.284. The van der Waals surface area contributed by atoms with Gasteiger partial charge in [-0.2, -0.15) is 0 Å². The smallest absolute Gasteiger partial charge is 0.124 e. The average Bonchev–Trinajstić information content (AvgIpc) is 2.41. The summed E-state index contributed by atoms with van der Waals surface area (Å²) in [6.45, 7) is 0. The summed E-state index contributed by atoms with van der Waals surface area (Å²) in [4.78, 5) is 0. The molecule has 0 radical (unpaired) electrons. The predicted octanol–water partition coefficient (Wildman–Crippen LogP) is 4.53. The first-order valence-corrected chi connectivity index (χ1v) is 7.14. The van der Waals surface area contributed by atoms with Crippen molar-refractivity contribution >= 4 is 27.5 Å². The second-order valence-corrected chi connectivity index (χ2v) is 5.66. The zero-order chi connectivity index (χ0) is 14.7. The molecule has 0 spiro atoms. The monoisotopic (exact) mass is 358 g/mol.